The molecule has 0 aliphatic heterocycles. The van der Waals surface area contributed by atoms with Gasteiger partial charge in [0.1, 0.15) is 0 Å². The Balaban J connectivity index is 0.00000261. The van der Waals surface area contributed by atoms with Gasteiger partial charge >= 0.3 is 0 Å². The van der Waals surface area contributed by atoms with Gasteiger partial charge in [-0.15, -0.1) is 35.3 Å². The van der Waals surface area contributed by atoms with Crippen LogP contribution in [-0.4, -0.2) is 35.6 Å². The zero-order valence-electron chi connectivity index (χ0n) is 15.5. The molecule has 2 aromatic heterocycles. The zero-order chi connectivity index (χ0) is 18.0. The maximum Gasteiger partial charge on any atom is 0.191 e. The molecule has 1 aromatic carbocycles. The van der Waals surface area contributed by atoms with E-state index in [0.29, 0.717) is 0 Å². The molecule has 0 atom stereocenters. The summed E-state index contributed by atoms with van der Waals surface area (Å²) in [7, 11) is 0. The number of nitrogens with zero attached hydrogens (tertiary/aromatic N) is 3. The predicted octanol–water partition coefficient (Wildman–Crippen LogP) is 4.04. The van der Waals surface area contributed by atoms with Crippen molar-refractivity contribution in [2.45, 2.75) is 26.2 Å². The van der Waals surface area contributed by atoms with Gasteiger partial charge < -0.3 is 10.6 Å². The first-order valence-electron chi connectivity index (χ1n) is 9.11. The minimum atomic E-state index is 0. The van der Waals surface area contributed by atoms with Crippen LogP contribution in [-0.2, 0) is 12.8 Å². The zero-order valence-corrected chi connectivity index (χ0v) is 18.7. The first-order valence-corrected chi connectivity index (χ1v) is 9.93. The number of hydrogen-bond donors (Lipinski definition) is 2. The van der Waals surface area contributed by atoms with Crippen LogP contribution in [0.25, 0.3) is 10.2 Å². The normalized spacial score (nSPS) is 11.2. The smallest absolute Gasteiger partial charge is 0.191 e. The SMILES string of the molecule is CCNC(=NCCCc1nc2ccccc2s1)NCCc1ccccn1.I. The number of hydrogen-bond acceptors (Lipinski definition) is 4. The molecule has 0 fully saturated rings. The highest BCUT2D eigenvalue weighted by atomic mass is 127. The second kappa shape index (κ2) is 11.9. The Morgan fingerprint density at radius 1 is 1.07 bits per heavy atom. The molecule has 0 radical (unpaired) electrons. The summed E-state index contributed by atoms with van der Waals surface area (Å²) in [6, 6.07) is 14.3. The molecule has 3 aromatic rings. The molecule has 0 amide bonds. The number of aliphatic imine (C=N–C) groups is 1. The third kappa shape index (κ3) is 7.06. The van der Waals surface area contributed by atoms with Gasteiger partial charge in [-0.05, 0) is 37.6 Å². The van der Waals surface area contributed by atoms with Crippen molar-refractivity contribution in [2.75, 3.05) is 19.6 Å². The lowest BCUT2D eigenvalue weighted by atomic mass is 10.3. The van der Waals surface area contributed by atoms with E-state index < -0.39 is 0 Å². The van der Waals surface area contributed by atoms with Gasteiger partial charge in [-0.1, -0.05) is 18.2 Å². The van der Waals surface area contributed by atoms with Crippen molar-refractivity contribution in [3.63, 3.8) is 0 Å². The molecule has 0 aliphatic rings. The third-order valence-corrected chi connectivity index (χ3v) is 5.00. The van der Waals surface area contributed by atoms with Crippen LogP contribution >= 0.6 is 35.3 Å². The lowest BCUT2D eigenvalue weighted by Crippen LogP contribution is -2.38. The fourth-order valence-corrected chi connectivity index (χ4v) is 3.65. The molecule has 0 saturated carbocycles. The molecule has 0 aliphatic carbocycles. The molecule has 27 heavy (non-hydrogen) atoms. The maximum atomic E-state index is 4.68. The largest absolute Gasteiger partial charge is 0.357 e. The summed E-state index contributed by atoms with van der Waals surface area (Å²) in [5.74, 6) is 0.868. The number of pyridine rings is 1. The molecule has 0 bridgehead atoms. The Bertz CT molecular complexity index is 802. The minimum Gasteiger partial charge on any atom is -0.357 e. The lowest BCUT2D eigenvalue weighted by Gasteiger charge is -2.10. The van der Waals surface area contributed by atoms with Crippen LogP contribution in [0.5, 0.6) is 0 Å². The summed E-state index contributed by atoms with van der Waals surface area (Å²) in [4.78, 5) is 13.7. The topological polar surface area (TPSA) is 62.2 Å². The molecule has 2 N–H and O–H groups in total. The summed E-state index contributed by atoms with van der Waals surface area (Å²) in [5, 5.41) is 7.86. The van der Waals surface area contributed by atoms with Gasteiger partial charge in [0.05, 0.1) is 15.2 Å². The van der Waals surface area contributed by atoms with E-state index in [4.69, 9.17) is 0 Å². The second-order valence-corrected chi connectivity index (χ2v) is 7.05. The molecule has 7 heteroatoms. The lowest BCUT2D eigenvalue weighted by molar-refractivity contribution is 0.769. The van der Waals surface area contributed by atoms with Gasteiger partial charge in [-0.3, -0.25) is 9.98 Å². The highest BCUT2D eigenvalue weighted by molar-refractivity contribution is 14.0. The Morgan fingerprint density at radius 2 is 1.93 bits per heavy atom. The van der Waals surface area contributed by atoms with E-state index in [1.165, 1.54) is 9.71 Å². The Hall–Kier alpha value is -1.74. The Labute approximate surface area is 181 Å². The van der Waals surface area contributed by atoms with Crippen LogP contribution in [0.4, 0.5) is 0 Å². The fourth-order valence-electron chi connectivity index (χ4n) is 2.64. The van der Waals surface area contributed by atoms with Crippen molar-refractivity contribution in [1.29, 1.82) is 0 Å². The van der Waals surface area contributed by atoms with Gasteiger partial charge in [-0.2, -0.15) is 0 Å². The van der Waals surface area contributed by atoms with Gasteiger partial charge in [0, 0.05) is 44.4 Å². The van der Waals surface area contributed by atoms with Crippen LogP contribution in [0.15, 0.2) is 53.7 Å². The van der Waals surface area contributed by atoms with E-state index in [9.17, 15) is 0 Å². The van der Waals surface area contributed by atoms with Crippen molar-refractivity contribution in [1.82, 2.24) is 20.6 Å². The quantitative estimate of drug-likeness (QED) is 0.214. The molecular weight excluding hydrogens is 469 g/mol. The molecular formula is C20H26IN5S. The number of benzene rings is 1. The second-order valence-electron chi connectivity index (χ2n) is 5.94. The van der Waals surface area contributed by atoms with Crippen molar-refractivity contribution >= 4 is 51.5 Å². The molecule has 0 unspecified atom stereocenters. The summed E-state index contributed by atoms with van der Waals surface area (Å²) < 4.78 is 1.26. The Kier molecular flexibility index (Phi) is 9.47. The van der Waals surface area contributed by atoms with Crippen molar-refractivity contribution in [3.8, 4) is 0 Å². The van der Waals surface area contributed by atoms with Crippen molar-refractivity contribution < 1.29 is 0 Å². The van der Waals surface area contributed by atoms with Gasteiger partial charge in [0.2, 0.25) is 0 Å². The molecule has 0 spiro atoms. The molecule has 2 heterocycles. The number of halogens is 1. The van der Waals surface area contributed by atoms with Crippen LogP contribution in [0, 0.1) is 0 Å². The van der Waals surface area contributed by atoms with E-state index >= 15 is 0 Å². The summed E-state index contributed by atoms with van der Waals surface area (Å²) in [6.45, 7) is 4.54. The third-order valence-electron chi connectivity index (χ3n) is 3.90. The number of thiazole rings is 1. The van der Waals surface area contributed by atoms with Crippen LogP contribution in [0.2, 0.25) is 0 Å². The van der Waals surface area contributed by atoms with E-state index in [2.05, 4.69) is 50.7 Å². The average Bonchev–Trinajstić information content (AvgIpc) is 3.09. The van der Waals surface area contributed by atoms with Gasteiger partial charge in [-0.25, -0.2) is 4.98 Å². The summed E-state index contributed by atoms with van der Waals surface area (Å²) >= 11 is 1.78. The monoisotopic (exact) mass is 495 g/mol. The Morgan fingerprint density at radius 3 is 2.70 bits per heavy atom. The standard InChI is InChI=1S/C20H25N5S.HI/c1-2-21-20(24-15-12-16-8-5-6-13-22-16)23-14-7-11-19-25-17-9-3-4-10-18(17)26-19;/h3-6,8-10,13H,2,7,11-12,14-15H2,1H3,(H2,21,23,24);1H. The highest BCUT2D eigenvalue weighted by Crippen LogP contribution is 2.22. The summed E-state index contributed by atoms with van der Waals surface area (Å²) in [5.41, 5.74) is 2.19. The number of aromatic nitrogens is 2. The molecule has 144 valence electrons. The van der Waals surface area contributed by atoms with Crippen LogP contribution in [0.1, 0.15) is 24.0 Å². The van der Waals surface area contributed by atoms with Gasteiger partial charge in [0.15, 0.2) is 5.96 Å². The number of aryl methyl sites for hydroxylation is 1. The first kappa shape index (κ1) is 21.6. The molecule has 0 saturated heterocycles. The van der Waals surface area contributed by atoms with Gasteiger partial charge in [0.25, 0.3) is 0 Å². The number of para-hydroxylation sites is 1. The average molecular weight is 495 g/mol. The number of rotatable bonds is 8. The molecule has 5 nitrogen and oxygen atoms in total. The maximum absolute atomic E-state index is 4.68. The highest BCUT2D eigenvalue weighted by Gasteiger charge is 2.03. The minimum absolute atomic E-state index is 0. The van der Waals surface area contributed by atoms with E-state index in [0.717, 1.165) is 56.1 Å². The van der Waals surface area contributed by atoms with Crippen LogP contribution < -0.4 is 10.6 Å². The fraction of sp³-hybridized carbons (Fsp3) is 0.350. The number of guanidine groups is 1. The summed E-state index contributed by atoms with van der Waals surface area (Å²) in [6.07, 6.45) is 4.68. The van der Waals surface area contributed by atoms with E-state index in [1.807, 2.05) is 30.5 Å². The molecule has 3 rings (SSSR count). The van der Waals surface area contributed by atoms with Crippen LogP contribution in [0.3, 0.4) is 0 Å². The van der Waals surface area contributed by atoms with Crippen molar-refractivity contribution in [2.24, 2.45) is 4.99 Å². The number of fused-ring (bicyclic) bond motifs is 1. The predicted molar refractivity (Wildman–Crippen MR) is 125 cm³/mol. The van der Waals surface area contributed by atoms with E-state index in [-0.39, 0.29) is 24.0 Å². The van der Waals surface area contributed by atoms with E-state index in [1.54, 1.807) is 11.3 Å². The first-order chi connectivity index (χ1) is 12.8. The van der Waals surface area contributed by atoms with Crippen molar-refractivity contribution in [3.05, 3.63) is 59.4 Å². The number of nitrogens with one attached hydrogen (secondary N) is 2.